The molecule has 2 aliphatic heterocycles. The lowest BCUT2D eigenvalue weighted by Gasteiger charge is -2.49. The highest BCUT2D eigenvalue weighted by Gasteiger charge is 2.42. The average Bonchev–Trinajstić information content (AvgIpc) is 3.25. The topological polar surface area (TPSA) is 97.5 Å². The summed E-state index contributed by atoms with van der Waals surface area (Å²) in [5.74, 6) is 0.131. The molecule has 3 amide bonds. The van der Waals surface area contributed by atoms with Gasteiger partial charge in [0, 0.05) is 36.4 Å². The molecule has 9 heteroatoms. The number of hydrogen-bond acceptors (Lipinski definition) is 5. The van der Waals surface area contributed by atoms with Crippen molar-refractivity contribution in [2.75, 3.05) is 25.5 Å². The van der Waals surface area contributed by atoms with Crippen molar-refractivity contribution in [2.45, 2.75) is 59.3 Å². The van der Waals surface area contributed by atoms with Crippen molar-refractivity contribution < 1.29 is 9.59 Å². The van der Waals surface area contributed by atoms with E-state index in [-0.39, 0.29) is 37.0 Å². The summed E-state index contributed by atoms with van der Waals surface area (Å²) in [6, 6.07) is 5.17. The van der Waals surface area contributed by atoms with Crippen LogP contribution in [0.1, 0.15) is 62.9 Å². The summed E-state index contributed by atoms with van der Waals surface area (Å²) in [6.45, 7) is 10.3. The highest BCUT2D eigenvalue weighted by molar-refractivity contribution is 6.02. The minimum atomic E-state index is -0.322. The number of aromatic nitrogens is 3. The van der Waals surface area contributed by atoms with E-state index >= 15 is 0 Å². The Balaban J connectivity index is 0.00000272. The fraction of sp³-hybridized carbons (Fsp3) is 0.545. The molecular weight excluding hydrogens is 394 g/mol. The second-order valence-electron chi connectivity index (χ2n) is 8.89. The van der Waals surface area contributed by atoms with E-state index in [0.717, 1.165) is 17.8 Å². The predicted molar refractivity (Wildman–Crippen MR) is 120 cm³/mol. The van der Waals surface area contributed by atoms with Gasteiger partial charge >= 0.3 is 6.03 Å². The van der Waals surface area contributed by atoms with Crippen molar-refractivity contribution in [3.05, 3.63) is 41.3 Å². The monoisotopic (exact) mass is 427 g/mol. The maximum Gasteiger partial charge on any atom is 0.321 e. The Labute approximate surface area is 183 Å². The molecule has 1 fully saturated rings. The van der Waals surface area contributed by atoms with Gasteiger partial charge in [-0.25, -0.2) is 4.79 Å². The highest BCUT2D eigenvalue weighted by atomic mass is 16.2. The molecule has 168 valence electrons. The summed E-state index contributed by atoms with van der Waals surface area (Å²) in [6.07, 6.45) is 1.57. The average molecular weight is 428 g/mol. The number of likely N-dealkylation sites (N-methyl/N-ethyl adjacent to an activating group) is 1. The predicted octanol–water partition coefficient (Wildman–Crippen LogP) is 3.10. The third-order valence-electron chi connectivity index (χ3n) is 6.39. The van der Waals surface area contributed by atoms with Crippen molar-refractivity contribution in [1.29, 1.82) is 0 Å². The fourth-order valence-corrected chi connectivity index (χ4v) is 4.21. The molecular formula is C22H33N7O2. The van der Waals surface area contributed by atoms with Gasteiger partial charge in [0.1, 0.15) is 5.69 Å². The number of rotatable bonds is 2. The molecule has 4 heterocycles. The summed E-state index contributed by atoms with van der Waals surface area (Å²) < 4.78 is 0. The lowest BCUT2D eigenvalue weighted by atomic mass is 9.97. The third kappa shape index (κ3) is 4.01. The normalized spacial score (nSPS) is 22.6. The van der Waals surface area contributed by atoms with E-state index in [1.807, 2.05) is 16.7 Å². The number of hydrogen-bond donors (Lipinski definition) is 2. The number of piperazine rings is 1. The van der Waals surface area contributed by atoms with E-state index in [1.165, 1.54) is 0 Å². The number of anilines is 1. The molecule has 2 atom stereocenters. The van der Waals surface area contributed by atoms with Crippen molar-refractivity contribution in [3.63, 3.8) is 0 Å². The number of urea groups is 1. The minimum absolute atomic E-state index is 0. The molecule has 0 saturated carbocycles. The Bertz CT molecular complexity index is 956. The van der Waals surface area contributed by atoms with Crippen LogP contribution in [0.15, 0.2) is 24.4 Å². The van der Waals surface area contributed by atoms with Crippen LogP contribution in [-0.2, 0) is 6.54 Å². The van der Waals surface area contributed by atoms with Gasteiger partial charge in [0.25, 0.3) is 5.91 Å². The molecule has 0 spiro atoms. The largest absolute Gasteiger partial charge is 0.321 e. The van der Waals surface area contributed by atoms with E-state index in [1.54, 1.807) is 24.4 Å². The molecule has 9 nitrogen and oxygen atoms in total. The van der Waals surface area contributed by atoms with Crippen LogP contribution in [0.5, 0.6) is 0 Å². The molecule has 2 N–H and O–H groups in total. The van der Waals surface area contributed by atoms with Crippen LogP contribution < -0.4 is 5.32 Å². The van der Waals surface area contributed by atoms with Crippen LogP contribution in [0.4, 0.5) is 10.6 Å². The Morgan fingerprint density at radius 1 is 1.23 bits per heavy atom. The zero-order valence-electron chi connectivity index (χ0n) is 18.1. The Morgan fingerprint density at radius 2 is 1.97 bits per heavy atom. The Morgan fingerprint density at radius 3 is 2.65 bits per heavy atom. The SMILES string of the molecule is C.CC1c2[nH]nc(NC(=O)c3ccccn3)c2CN1C(=O)N1CC(C)(C)N(C)C[C@@H]1C. The van der Waals surface area contributed by atoms with Crippen LogP contribution >= 0.6 is 0 Å². The first kappa shape index (κ1) is 22.7. The zero-order chi connectivity index (χ0) is 21.6. The van der Waals surface area contributed by atoms with Crippen molar-refractivity contribution >= 4 is 17.8 Å². The van der Waals surface area contributed by atoms with Crippen LogP contribution in [0.3, 0.4) is 0 Å². The molecule has 0 aliphatic carbocycles. The first-order valence-electron chi connectivity index (χ1n) is 10.3. The van der Waals surface area contributed by atoms with Crippen molar-refractivity contribution in [3.8, 4) is 0 Å². The van der Waals surface area contributed by atoms with E-state index < -0.39 is 0 Å². The number of nitrogens with one attached hydrogen (secondary N) is 2. The second-order valence-corrected chi connectivity index (χ2v) is 8.89. The van der Waals surface area contributed by atoms with E-state index in [0.29, 0.717) is 24.6 Å². The number of amides is 3. The molecule has 2 aliphatic rings. The standard InChI is InChI=1S/C21H29N7O2.CH4/c1-13-10-26(5)21(3,4)12-28(13)20(30)27-11-15-17(14(27)2)24-25-18(15)23-19(29)16-8-6-7-9-22-16;/h6-9,13-14H,10-12H2,1-5H3,(H2,23,24,25,29);1H4/t13-,14?;/m0./s1. The first-order valence-corrected chi connectivity index (χ1v) is 10.3. The van der Waals surface area contributed by atoms with Gasteiger partial charge in [0.15, 0.2) is 5.82 Å². The maximum absolute atomic E-state index is 13.4. The van der Waals surface area contributed by atoms with Gasteiger partial charge in [-0.05, 0) is 46.9 Å². The van der Waals surface area contributed by atoms with Gasteiger partial charge in [-0.3, -0.25) is 19.8 Å². The van der Waals surface area contributed by atoms with E-state index in [4.69, 9.17) is 0 Å². The molecule has 1 saturated heterocycles. The second kappa shape index (κ2) is 8.30. The van der Waals surface area contributed by atoms with Gasteiger partial charge in [0.2, 0.25) is 0 Å². The number of H-pyrrole nitrogens is 1. The molecule has 2 aromatic rings. The summed E-state index contributed by atoms with van der Waals surface area (Å²) in [5.41, 5.74) is 1.95. The number of carbonyl (C=O) groups excluding carboxylic acids is 2. The molecule has 31 heavy (non-hydrogen) atoms. The number of pyridine rings is 1. The smallest absolute Gasteiger partial charge is 0.319 e. The third-order valence-corrected chi connectivity index (χ3v) is 6.39. The van der Waals surface area contributed by atoms with E-state index in [9.17, 15) is 9.59 Å². The lowest BCUT2D eigenvalue weighted by Crippen LogP contribution is -2.64. The van der Waals surface area contributed by atoms with Crippen LogP contribution in [0, 0.1) is 0 Å². The van der Waals surface area contributed by atoms with Gasteiger partial charge in [-0.15, -0.1) is 0 Å². The zero-order valence-corrected chi connectivity index (χ0v) is 18.1. The van der Waals surface area contributed by atoms with Gasteiger partial charge in [-0.2, -0.15) is 5.10 Å². The molecule has 2 aromatic heterocycles. The number of aromatic amines is 1. The Hall–Kier alpha value is -2.94. The number of carbonyl (C=O) groups is 2. The van der Waals surface area contributed by atoms with Crippen LogP contribution in [0.2, 0.25) is 0 Å². The van der Waals surface area contributed by atoms with Crippen molar-refractivity contribution in [2.24, 2.45) is 0 Å². The lowest BCUT2D eigenvalue weighted by molar-refractivity contribution is 0.0135. The molecule has 1 unspecified atom stereocenters. The number of nitrogens with zero attached hydrogens (tertiary/aromatic N) is 5. The van der Waals surface area contributed by atoms with Gasteiger partial charge < -0.3 is 15.1 Å². The molecule has 4 rings (SSSR count). The van der Waals surface area contributed by atoms with Gasteiger partial charge in [0.05, 0.1) is 18.3 Å². The van der Waals surface area contributed by atoms with Crippen molar-refractivity contribution in [1.82, 2.24) is 29.9 Å². The molecule has 0 aromatic carbocycles. The van der Waals surface area contributed by atoms with Gasteiger partial charge in [-0.1, -0.05) is 13.5 Å². The summed E-state index contributed by atoms with van der Waals surface area (Å²) in [7, 11) is 2.10. The molecule has 0 bridgehead atoms. The van der Waals surface area contributed by atoms with E-state index in [2.05, 4.69) is 53.2 Å². The summed E-state index contributed by atoms with van der Waals surface area (Å²) in [4.78, 5) is 36.1. The van der Waals surface area contributed by atoms with Crippen LogP contribution in [-0.4, -0.2) is 73.5 Å². The fourth-order valence-electron chi connectivity index (χ4n) is 4.21. The molecule has 0 radical (unpaired) electrons. The quantitative estimate of drug-likeness (QED) is 0.768. The minimum Gasteiger partial charge on any atom is -0.319 e. The first-order chi connectivity index (χ1) is 14.2. The maximum atomic E-state index is 13.4. The Kier molecular flexibility index (Phi) is 6.09. The summed E-state index contributed by atoms with van der Waals surface area (Å²) >= 11 is 0. The van der Waals surface area contributed by atoms with Crippen LogP contribution in [0.25, 0.3) is 0 Å². The summed E-state index contributed by atoms with van der Waals surface area (Å²) in [5, 5.41) is 10.1. The highest BCUT2D eigenvalue weighted by Crippen LogP contribution is 2.37. The number of fused-ring (bicyclic) bond motifs is 1.